The molecular formula is C7H12N2O3S. The fourth-order valence-electron chi connectivity index (χ4n) is 1.11. The first-order valence-corrected chi connectivity index (χ1v) is 4.98. The van der Waals surface area contributed by atoms with E-state index in [0.29, 0.717) is 5.75 Å². The fraction of sp³-hybridized carbons (Fsp3) is 0.714. The number of imide groups is 1. The number of nitrogens with zero attached hydrogens (tertiary/aromatic N) is 1. The molecule has 0 bridgehead atoms. The summed E-state index contributed by atoms with van der Waals surface area (Å²) in [6.07, 6.45) is -1.21. The van der Waals surface area contributed by atoms with Crippen LogP contribution in [0.4, 0.5) is 4.79 Å². The van der Waals surface area contributed by atoms with Gasteiger partial charge in [0.2, 0.25) is 5.91 Å². The third-order valence-corrected chi connectivity index (χ3v) is 3.08. The predicted octanol–water partition coefficient (Wildman–Crippen LogP) is -0.0444. The van der Waals surface area contributed by atoms with Crippen molar-refractivity contribution < 1.29 is 14.7 Å². The molecule has 2 atom stereocenters. The topological polar surface area (TPSA) is 83.6 Å². The molecule has 0 aromatic heterocycles. The van der Waals surface area contributed by atoms with Crippen LogP contribution in [0.15, 0.2) is 0 Å². The number of thioether (sulfide) groups is 1. The van der Waals surface area contributed by atoms with Gasteiger partial charge in [-0.3, -0.25) is 4.79 Å². The van der Waals surface area contributed by atoms with Gasteiger partial charge in [0.25, 0.3) is 0 Å². The molecule has 0 saturated carbocycles. The lowest BCUT2D eigenvalue weighted by atomic mass is 10.3. The monoisotopic (exact) mass is 204 g/mol. The number of carbonyl (C=O) groups is 2. The van der Waals surface area contributed by atoms with Gasteiger partial charge in [0, 0.05) is 17.5 Å². The Morgan fingerprint density at radius 1 is 1.77 bits per heavy atom. The van der Waals surface area contributed by atoms with E-state index in [2.05, 4.69) is 0 Å². The summed E-state index contributed by atoms with van der Waals surface area (Å²) in [4.78, 5) is 22.8. The van der Waals surface area contributed by atoms with Gasteiger partial charge in [0.1, 0.15) is 0 Å². The summed E-state index contributed by atoms with van der Waals surface area (Å²) in [5, 5.41) is 8.83. The van der Waals surface area contributed by atoms with E-state index in [-0.39, 0.29) is 11.8 Å². The fourth-order valence-corrected chi connectivity index (χ4v) is 2.04. The Morgan fingerprint density at radius 2 is 2.38 bits per heavy atom. The van der Waals surface area contributed by atoms with Crippen LogP contribution in [0.25, 0.3) is 0 Å². The van der Waals surface area contributed by atoms with Gasteiger partial charge in [-0.1, -0.05) is 6.92 Å². The van der Waals surface area contributed by atoms with Gasteiger partial charge in [0.05, 0.1) is 6.04 Å². The van der Waals surface area contributed by atoms with E-state index in [9.17, 15) is 9.59 Å². The van der Waals surface area contributed by atoms with Gasteiger partial charge in [0.15, 0.2) is 0 Å². The Labute approximate surface area is 80.3 Å². The first-order valence-electron chi connectivity index (χ1n) is 3.94. The maximum atomic E-state index is 11.3. The lowest BCUT2D eigenvalue weighted by Crippen LogP contribution is -2.46. The molecule has 2 amide bonds. The summed E-state index contributed by atoms with van der Waals surface area (Å²) in [6, 6.07) is -0.689. The molecule has 74 valence electrons. The van der Waals surface area contributed by atoms with E-state index in [1.807, 2.05) is 6.92 Å². The van der Waals surface area contributed by atoms with Gasteiger partial charge in [-0.05, 0) is 0 Å². The highest BCUT2D eigenvalue weighted by molar-refractivity contribution is 8.00. The van der Waals surface area contributed by atoms with Crippen molar-refractivity contribution in [2.45, 2.75) is 18.2 Å². The largest absolute Gasteiger partial charge is 0.465 e. The number of nitrogens with two attached hydrogens (primary N) is 1. The zero-order valence-corrected chi connectivity index (χ0v) is 8.08. The average Bonchev–Trinajstić information content (AvgIpc) is 2.18. The van der Waals surface area contributed by atoms with Crippen LogP contribution in [0, 0.1) is 0 Å². The highest BCUT2D eigenvalue weighted by atomic mass is 32.2. The summed E-state index contributed by atoms with van der Waals surface area (Å²) in [5.74, 6) is -0.00611. The van der Waals surface area contributed by atoms with Crippen LogP contribution in [0.2, 0.25) is 0 Å². The molecule has 13 heavy (non-hydrogen) atoms. The summed E-state index contributed by atoms with van der Waals surface area (Å²) >= 11 is 1.52. The maximum absolute atomic E-state index is 11.3. The zero-order chi connectivity index (χ0) is 10.0. The molecule has 1 aliphatic heterocycles. The highest BCUT2D eigenvalue weighted by Crippen LogP contribution is 2.18. The molecule has 1 heterocycles. The normalized spacial score (nSPS) is 30.0. The summed E-state index contributed by atoms with van der Waals surface area (Å²) in [7, 11) is 0. The van der Waals surface area contributed by atoms with Crippen LogP contribution in [0.3, 0.4) is 0 Å². The Balaban J connectivity index is 2.78. The number of rotatable bonds is 0. The molecule has 6 heteroatoms. The first kappa shape index (κ1) is 10.3. The second-order valence-electron chi connectivity index (χ2n) is 2.98. The van der Waals surface area contributed by atoms with Crippen molar-refractivity contribution in [2.24, 2.45) is 5.73 Å². The third kappa shape index (κ3) is 2.35. The molecule has 0 aliphatic carbocycles. The van der Waals surface area contributed by atoms with Crippen LogP contribution in [0.1, 0.15) is 6.92 Å². The second kappa shape index (κ2) is 3.97. The van der Waals surface area contributed by atoms with Crippen molar-refractivity contribution in [3.05, 3.63) is 0 Å². The number of hydrogen-bond donors (Lipinski definition) is 2. The standard InChI is InChI=1S/C7H12N2O3S/c1-4-2-9(7(11)12)6(10)5(8)3-13-4/h4-5H,2-3,8H2,1H3,(H,11,12). The van der Waals surface area contributed by atoms with E-state index >= 15 is 0 Å². The van der Waals surface area contributed by atoms with Crippen LogP contribution in [-0.4, -0.2) is 45.6 Å². The van der Waals surface area contributed by atoms with Crippen molar-refractivity contribution in [1.29, 1.82) is 0 Å². The molecule has 1 rings (SSSR count). The van der Waals surface area contributed by atoms with Gasteiger partial charge in [-0.15, -0.1) is 0 Å². The van der Waals surface area contributed by atoms with Gasteiger partial charge >= 0.3 is 6.09 Å². The molecule has 5 nitrogen and oxygen atoms in total. The summed E-state index contributed by atoms with van der Waals surface area (Å²) in [5.41, 5.74) is 5.49. The molecule has 0 radical (unpaired) electrons. The van der Waals surface area contributed by atoms with E-state index in [1.165, 1.54) is 11.8 Å². The van der Waals surface area contributed by atoms with Crippen LogP contribution in [0.5, 0.6) is 0 Å². The maximum Gasteiger partial charge on any atom is 0.414 e. The van der Waals surface area contributed by atoms with Gasteiger partial charge in [-0.2, -0.15) is 11.8 Å². The predicted molar refractivity (Wildman–Crippen MR) is 49.6 cm³/mol. The van der Waals surface area contributed by atoms with Crippen LogP contribution in [-0.2, 0) is 4.79 Å². The van der Waals surface area contributed by atoms with Gasteiger partial charge < -0.3 is 10.8 Å². The SMILES string of the molecule is CC1CN(C(=O)O)C(=O)C(N)CS1. The third-order valence-electron chi connectivity index (χ3n) is 1.81. The smallest absolute Gasteiger partial charge is 0.414 e. The van der Waals surface area contributed by atoms with Crippen molar-refractivity contribution in [3.63, 3.8) is 0 Å². The molecule has 1 aliphatic rings. The molecule has 0 spiro atoms. The molecule has 1 fully saturated rings. The Morgan fingerprint density at radius 3 is 2.92 bits per heavy atom. The minimum Gasteiger partial charge on any atom is -0.465 e. The zero-order valence-electron chi connectivity index (χ0n) is 7.27. The average molecular weight is 204 g/mol. The van der Waals surface area contributed by atoms with Crippen LogP contribution < -0.4 is 5.73 Å². The highest BCUT2D eigenvalue weighted by Gasteiger charge is 2.31. The minimum atomic E-state index is -1.21. The Bertz CT molecular complexity index is 234. The molecule has 0 aromatic rings. The Hall–Kier alpha value is -0.750. The molecule has 3 N–H and O–H groups in total. The van der Waals surface area contributed by atoms with Crippen molar-refractivity contribution in [1.82, 2.24) is 4.90 Å². The Kier molecular flexibility index (Phi) is 3.16. The van der Waals surface area contributed by atoms with Gasteiger partial charge in [-0.25, -0.2) is 9.69 Å². The number of carboxylic acid groups (broad SMARTS) is 1. The number of carbonyl (C=O) groups excluding carboxylic acids is 1. The number of amides is 2. The van der Waals surface area contributed by atoms with E-state index < -0.39 is 18.0 Å². The minimum absolute atomic E-state index is 0.119. The van der Waals surface area contributed by atoms with Crippen LogP contribution >= 0.6 is 11.8 Å². The quantitative estimate of drug-likeness (QED) is 0.578. The molecular weight excluding hydrogens is 192 g/mol. The summed E-state index contributed by atoms with van der Waals surface area (Å²) in [6.45, 7) is 2.11. The molecule has 0 aromatic carbocycles. The lowest BCUT2D eigenvalue weighted by molar-refractivity contribution is -0.129. The molecule has 2 unspecified atom stereocenters. The summed E-state index contributed by atoms with van der Waals surface area (Å²) < 4.78 is 0. The van der Waals surface area contributed by atoms with E-state index in [4.69, 9.17) is 10.8 Å². The lowest BCUT2D eigenvalue weighted by Gasteiger charge is -2.17. The van der Waals surface area contributed by atoms with E-state index in [1.54, 1.807) is 0 Å². The van der Waals surface area contributed by atoms with Crippen molar-refractivity contribution >= 4 is 23.8 Å². The van der Waals surface area contributed by atoms with Crippen molar-refractivity contribution in [2.75, 3.05) is 12.3 Å². The molecule has 1 saturated heterocycles. The number of hydrogen-bond acceptors (Lipinski definition) is 4. The first-order chi connectivity index (χ1) is 6.02. The van der Waals surface area contributed by atoms with Crippen molar-refractivity contribution in [3.8, 4) is 0 Å². The second-order valence-corrected chi connectivity index (χ2v) is 4.45. The van der Waals surface area contributed by atoms with E-state index in [0.717, 1.165) is 4.90 Å².